The van der Waals surface area contributed by atoms with Crippen molar-refractivity contribution < 1.29 is 9.53 Å². The predicted molar refractivity (Wildman–Crippen MR) is 68.2 cm³/mol. The van der Waals surface area contributed by atoms with Gasteiger partial charge in [0.1, 0.15) is 5.76 Å². The molecule has 0 fully saturated rings. The largest absolute Gasteiger partial charge is 0.501 e. The molecule has 0 spiro atoms. The first kappa shape index (κ1) is 15.2. The summed E-state index contributed by atoms with van der Waals surface area (Å²) in [4.78, 5) is 12.0. The van der Waals surface area contributed by atoms with Crippen molar-refractivity contribution >= 4 is 5.78 Å². The molecule has 0 heterocycles. The summed E-state index contributed by atoms with van der Waals surface area (Å²) in [5.41, 5.74) is 0. The first-order valence-electron chi connectivity index (χ1n) is 6.43. The zero-order valence-electron chi connectivity index (χ0n) is 11.4. The second-order valence-corrected chi connectivity index (χ2v) is 4.18. The van der Waals surface area contributed by atoms with Crippen molar-refractivity contribution in [2.24, 2.45) is 11.8 Å². The highest BCUT2D eigenvalue weighted by Crippen LogP contribution is 2.21. The van der Waals surface area contributed by atoms with Gasteiger partial charge in [-0.25, -0.2) is 0 Å². The highest BCUT2D eigenvalue weighted by Gasteiger charge is 2.16. The minimum absolute atomic E-state index is 0.152. The van der Waals surface area contributed by atoms with E-state index in [-0.39, 0.29) is 11.7 Å². The molecule has 0 saturated heterocycles. The average molecular weight is 226 g/mol. The quantitative estimate of drug-likeness (QED) is 0.462. The van der Waals surface area contributed by atoms with E-state index in [0.717, 1.165) is 31.4 Å². The van der Waals surface area contributed by atoms with E-state index in [4.69, 9.17) is 4.74 Å². The van der Waals surface area contributed by atoms with Crippen LogP contribution in [0.25, 0.3) is 0 Å². The number of ether oxygens (including phenoxy) is 1. The van der Waals surface area contributed by atoms with Gasteiger partial charge in [-0.05, 0) is 25.7 Å². The summed E-state index contributed by atoms with van der Waals surface area (Å²) in [6.45, 7) is 8.37. The van der Waals surface area contributed by atoms with Crippen molar-refractivity contribution in [1.82, 2.24) is 0 Å². The van der Waals surface area contributed by atoms with Gasteiger partial charge in [0.25, 0.3) is 0 Å². The SMILES string of the molecule is CCC(CC)C(=O)/C=C(\OC)C(CC)CC. The lowest BCUT2D eigenvalue weighted by Gasteiger charge is -2.16. The van der Waals surface area contributed by atoms with Crippen molar-refractivity contribution in [3.05, 3.63) is 11.8 Å². The third kappa shape index (κ3) is 4.38. The number of carbonyl (C=O) groups is 1. The maximum Gasteiger partial charge on any atom is 0.162 e. The van der Waals surface area contributed by atoms with Crippen molar-refractivity contribution in [1.29, 1.82) is 0 Å². The van der Waals surface area contributed by atoms with Gasteiger partial charge in [0.05, 0.1) is 7.11 Å². The predicted octanol–water partition coefficient (Wildman–Crippen LogP) is 3.96. The maximum atomic E-state index is 12.0. The number of ketones is 1. The van der Waals surface area contributed by atoms with Crippen molar-refractivity contribution in [2.45, 2.75) is 53.4 Å². The van der Waals surface area contributed by atoms with Gasteiger partial charge in [-0.1, -0.05) is 27.7 Å². The molecule has 0 unspecified atom stereocenters. The third-order valence-electron chi connectivity index (χ3n) is 3.30. The van der Waals surface area contributed by atoms with Crippen LogP contribution in [0.3, 0.4) is 0 Å². The smallest absolute Gasteiger partial charge is 0.162 e. The van der Waals surface area contributed by atoms with Gasteiger partial charge in [-0.15, -0.1) is 0 Å². The summed E-state index contributed by atoms with van der Waals surface area (Å²) < 4.78 is 5.34. The number of methoxy groups -OCH3 is 1. The molecule has 0 amide bonds. The van der Waals surface area contributed by atoms with E-state index in [0.29, 0.717) is 5.92 Å². The minimum Gasteiger partial charge on any atom is -0.501 e. The number of hydrogen-bond donors (Lipinski definition) is 0. The third-order valence-corrected chi connectivity index (χ3v) is 3.30. The van der Waals surface area contributed by atoms with Gasteiger partial charge < -0.3 is 4.74 Å². The summed E-state index contributed by atoms with van der Waals surface area (Å²) in [6, 6.07) is 0. The Hall–Kier alpha value is -0.790. The van der Waals surface area contributed by atoms with Crippen molar-refractivity contribution in [2.75, 3.05) is 7.11 Å². The lowest BCUT2D eigenvalue weighted by atomic mass is 9.94. The molecular weight excluding hydrogens is 200 g/mol. The Balaban J connectivity index is 4.73. The summed E-state index contributed by atoms with van der Waals surface area (Å²) in [5, 5.41) is 0. The van der Waals surface area contributed by atoms with Crippen molar-refractivity contribution in [3.63, 3.8) is 0 Å². The summed E-state index contributed by atoms with van der Waals surface area (Å²) in [6.07, 6.45) is 5.57. The molecule has 0 aromatic carbocycles. The molecule has 0 saturated carbocycles. The minimum atomic E-state index is 0.152. The van der Waals surface area contributed by atoms with Crippen LogP contribution in [0.5, 0.6) is 0 Å². The monoisotopic (exact) mass is 226 g/mol. The summed E-state index contributed by atoms with van der Waals surface area (Å²) in [7, 11) is 1.66. The lowest BCUT2D eigenvalue weighted by molar-refractivity contribution is -0.118. The fourth-order valence-electron chi connectivity index (χ4n) is 1.98. The van der Waals surface area contributed by atoms with Gasteiger partial charge in [0.2, 0.25) is 0 Å². The number of hydrogen-bond acceptors (Lipinski definition) is 2. The zero-order chi connectivity index (χ0) is 12.6. The fourth-order valence-corrected chi connectivity index (χ4v) is 1.98. The Kier molecular flexibility index (Phi) is 7.96. The van der Waals surface area contributed by atoms with Crippen LogP contribution >= 0.6 is 0 Å². The molecule has 94 valence electrons. The molecule has 0 aromatic heterocycles. The molecule has 0 aliphatic carbocycles. The van der Waals surface area contributed by atoms with Crippen LogP contribution in [0, 0.1) is 11.8 Å². The fraction of sp³-hybridized carbons (Fsp3) is 0.786. The van der Waals surface area contributed by atoms with E-state index in [9.17, 15) is 4.79 Å². The van der Waals surface area contributed by atoms with E-state index < -0.39 is 0 Å². The van der Waals surface area contributed by atoms with Gasteiger partial charge in [-0.2, -0.15) is 0 Å². The second kappa shape index (κ2) is 8.37. The highest BCUT2D eigenvalue weighted by atomic mass is 16.5. The molecule has 0 atom stereocenters. The first-order chi connectivity index (χ1) is 7.64. The van der Waals surface area contributed by atoms with Crippen LogP contribution in [0.2, 0.25) is 0 Å². The topological polar surface area (TPSA) is 26.3 Å². The van der Waals surface area contributed by atoms with Crippen molar-refractivity contribution in [3.8, 4) is 0 Å². The van der Waals surface area contributed by atoms with Crippen LogP contribution in [-0.2, 0) is 9.53 Å². The Morgan fingerprint density at radius 1 is 1.00 bits per heavy atom. The van der Waals surface area contributed by atoms with Crippen LogP contribution < -0.4 is 0 Å². The van der Waals surface area contributed by atoms with E-state index in [1.807, 2.05) is 0 Å². The lowest BCUT2D eigenvalue weighted by Crippen LogP contribution is -2.13. The Labute approximate surface area is 100 Å². The van der Waals surface area contributed by atoms with Crippen LogP contribution in [-0.4, -0.2) is 12.9 Å². The Morgan fingerprint density at radius 2 is 1.44 bits per heavy atom. The first-order valence-corrected chi connectivity index (χ1v) is 6.43. The maximum absolute atomic E-state index is 12.0. The van der Waals surface area contributed by atoms with Gasteiger partial charge in [-0.3, -0.25) is 4.79 Å². The molecule has 2 nitrogen and oxygen atoms in total. The molecule has 0 N–H and O–H groups in total. The summed E-state index contributed by atoms with van der Waals surface area (Å²) >= 11 is 0. The van der Waals surface area contributed by atoms with E-state index in [1.165, 1.54) is 0 Å². The molecule has 0 aliphatic rings. The Morgan fingerprint density at radius 3 is 1.75 bits per heavy atom. The molecule has 0 radical (unpaired) electrons. The molecule has 0 bridgehead atoms. The average Bonchev–Trinajstić information content (AvgIpc) is 2.30. The highest BCUT2D eigenvalue weighted by molar-refractivity contribution is 5.92. The van der Waals surface area contributed by atoms with Crippen LogP contribution in [0.1, 0.15) is 53.4 Å². The molecule has 0 rings (SSSR count). The molecule has 16 heavy (non-hydrogen) atoms. The van der Waals surface area contributed by atoms with E-state index in [1.54, 1.807) is 13.2 Å². The molecule has 0 aliphatic heterocycles. The number of allylic oxidation sites excluding steroid dienone is 2. The zero-order valence-corrected chi connectivity index (χ0v) is 11.4. The normalized spacial score (nSPS) is 12.3. The molecule has 2 heteroatoms. The second-order valence-electron chi connectivity index (χ2n) is 4.18. The van der Waals surface area contributed by atoms with Crippen LogP contribution in [0.4, 0.5) is 0 Å². The number of carbonyl (C=O) groups excluding carboxylic acids is 1. The van der Waals surface area contributed by atoms with E-state index in [2.05, 4.69) is 27.7 Å². The van der Waals surface area contributed by atoms with Crippen LogP contribution in [0.15, 0.2) is 11.8 Å². The molecule has 0 aromatic rings. The van der Waals surface area contributed by atoms with Gasteiger partial charge in [0, 0.05) is 17.9 Å². The van der Waals surface area contributed by atoms with Gasteiger partial charge >= 0.3 is 0 Å². The standard InChI is InChI=1S/C14H26O2/c1-6-11(7-2)13(15)10-14(16-5)12(8-3)9-4/h10-12H,6-9H2,1-5H3/b14-10-. The van der Waals surface area contributed by atoms with Gasteiger partial charge in [0.15, 0.2) is 5.78 Å². The molecular formula is C14H26O2. The number of rotatable bonds is 8. The summed E-state index contributed by atoms with van der Waals surface area (Å²) in [5.74, 6) is 1.60. The Bertz CT molecular complexity index is 223. The van der Waals surface area contributed by atoms with E-state index >= 15 is 0 Å².